The first-order valence-corrected chi connectivity index (χ1v) is 13.1. The van der Waals surface area contributed by atoms with Gasteiger partial charge in [-0.3, -0.25) is 4.79 Å². The number of aryl methyl sites for hydroxylation is 2. The number of ether oxygens (including phenoxy) is 1. The first-order chi connectivity index (χ1) is 16.7. The van der Waals surface area contributed by atoms with E-state index in [1.165, 1.54) is 18.7 Å². The maximum atomic E-state index is 13.3. The average molecular weight is 512 g/mol. The number of esters is 1. The Kier molecular flexibility index (Phi) is 8.13. The van der Waals surface area contributed by atoms with Crippen LogP contribution in [-0.4, -0.2) is 27.7 Å². The van der Waals surface area contributed by atoms with Crippen molar-refractivity contribution in [1.82, 2.24) is 0 Å². The second-order valence-corrected chi connectivity index (χ2v) is 12.0. The molecule has 3 N–H and O–H groups in total. The molecule has 0 saturated carbocycles. The van der Waals surface area contributed by atoms with Crippen molar-refractivity contribution in [1.29, 1.82) is 0 Å². The highest BCUT2D eigenvalue weighted by atomic mass is 32.2. The third-order valence-electron chi connectivity index (χ3n) is 6.69. The van der Waals surface area contributed by atoms with Crippen molar-refractivity contribution in [2.75, 3.05) is 5.32 Å². The topological polar surface area (TPSA) is 95.9 Å². The Hall–Kier alpha value is -2.93. The smallest absolute Gasteiger partial charge is 0.349 e. The zero-order chi connectivity index (χ0) is 26.8. The number of aromatic hydroxyl groups is 1. The Balaban J connectivity index is 1.92. The fraction of sp³-hybridized carbons (Fsp3) is 0.448. The van der Waals surface area contributed by atoms with Gasteiger partial charge in [0.15, 0.2) is 0 Å². The van der Waals surface area contributed by atoms with E-state index in [9.17, 15) is 19.8 Å². The number of rotatable bonds is 7. The number of phenolic OH excluding ortho intramolecular Hbond substituents is 1. The lowest BCUT2D eigenvalue weighted by atomic mass is 9.80. The number of carbonyl (C=O) groups excluding carboxylic acids is 2. The number of carbonyl (C=O) groups is 2. The minimum atomic E-state index is -0.818. The van der Waals surface area contributed by atoms with Crippen LogP contribution in [0.25, 0.3) is 0 Å². The predicted octanol–water partition coefficient (Wildman–Crippen LogP) is 6.79. The third-order valence-corrected chi connectivity index (χ3v) is 7.86. The van der Waals surface area contributed by atoms with Crippen LogP contribution in [0.15, 0.2) is 52.0 Å². The minimum absolute atomic E-state index is 0.00316. The van der Waals surface area contributed by atoms with Crippen LogP contribution < -0.4 is 5.32 Å². The lowest BCUT2D eigenvalue weighted by Gasteiger charge is -2.40. The summed E-state index contributed by atoms with van der Waals surface area (Å²) >= 11 is 1.22. The maximum Gasteiger partial charge on any atom is 0.349 e. The number of aliphatic hydroxyl groups excluding tert-OH is 1. The first kappa shape index (κ1) is 27.7. The molecule has 1 amide bonds. The van der Waals surface area contributed by atoms with E-state index in [4.69, 9.17) is 4.74 Å². The van der Waals surface area contributed by atoms with Crippen molar-refractivity contribution in [3.05, 3.63) is 63.8 Å². The summed E-state index contributed by atoms with van der Waals surface area (Å²) in [5.74, 6) is -0.423. The van der Waals surface area contributed by atoms with Crippen molar-refractivity contribution >= 4 is 29.3 Å². The predicted molar refractivity (Wildman–Crippen MR) is 144 cm³/mol. The number of hydrogen-bond acceptors (Lipinski definition) is 6. The third kappa shape index (κ3) is 6.25. The van der Waals surface area contributed by atoms with E-state index in [2.05, 4.69) is 26.1 Å². The van der Waals surface area contributed by atoms with Gasteiger partial charge in [0.1, 0.15) is 22.0 Å². The molecule has 0 spiro atoms. The lowest BCUT2D eigenvalue weighted by Crippen LogP contribution is -2.44. The molecule has 7 heteroatoms. The van der Waals surface area contributed by atoms with Crippen molar-refractivity contribution in [3.63, 3.8) is 0 Å². The number of nitrogens with one attached hydrogen (secondary N) is 1. The summed E-state index contributed by atoms with van der Waals surface area (Å²) in [6, 6.07) is 10.9. The Morgan fingerprint density at radius 2 is 1.81 bits per heavy atom. The molecule has 0 bridgehead atoms. The van der Waals surface area contributed by atoms with Gasteiger partial charge in [-0.2, -0.15) is 0 Å². The first-order valence-electron chi connectivity index (χ1n) is 12.3. The summed E-state index contributed by atoms with van der Waals surface area (Å²) in [6.07, 6.45) is 1.45. The molecule has 0 fully saturated rings. The van der Waals surface area contributed by atoms with Crippen LogP contribution in [0, 0.1) is 12.8 Å². The molecule has 0 aromatic heterocycles. The van der Waals surface area contributed by atoms with Gasteiger partial charge in [-0.25, -0.2) is 4.79 Å². The summed E-state index contributed by atoms with van der Waals surface area (Å²) < 4.78 is 6.08. The second kappa shape index (κ2) is 10.6. The summed E-state index contributed by atoms with van der Waals surface area (Å²) in [5.41, 5.74) is 2.51. The van der Waals surface area contributed by atoms with Crippen molar-refractivity contribution in [3.8, 4) is 5.75 Å². The van der Waals surface area contributed by atoms with Crippen LogP contribution in [0.4, 0.5) is 5.69 Å². The largest absolute Gasteiger partial charge is 0.511 e. The molecular weight excluding hydrogens is 474 g/mol. The summed E-state index contributed by atoms with van der Waals surface area (Å²) in [4.78, 5) is 26.0. The lowest BCUT2D eigenvalue weighted by molar-refractivity contribution is -0.164. The molecule has 6 nitrogen and oxygen atoms in total. The van der Waals surface area contributed by atoms with E-state index in [-0.39, 0.29) is 40.1 Å². The Labute approximate surface area is 218 Å². The fourth-order valence-electron chi connectivity index (χ4n) is 4.40. The number of anilines is 1. The van der Waals surface area contributed by atoms with E-state index >= 15 is 0 Å². The maximum absolute atomic E-state index is 13.3. The number of hydrogen-bond donors (Lipinski definition) is 3. The number of amides is 1. The van der Waals surface area contributed by atoms with Crippen molar-refractivity contribution in [2.45, 2.75) is 83.6 Å². The van der Waals surface area contributed by atoms with Crippen molar-refractivity contribution in [2.24, 2.45) is 5.92 Å². The number of aliphatic hydroxyl groups is 1. The van der Waals surface area contributed by atoms with Crippen LogP contribution in [0.3, 0.4) is 0 Å². The fourth-order valence-corrected chi connectivity index (χ4v) is 5.65. The zero-order valence-electron chi connectivity index (χ0n) is 22.2. The highest BCUT2D eigenvalue weighted by molar-refractivity contribution is 8.04. The molecule has 1 aliphatic heterocycles. The van der Waals surface area contributed by atoms with E-state index in [1.807, 2.05) is 45.0 Å². The van der Waals surface area contributed by atoms with Gasteiger partial charge in [-0.05, 0) is 72.1 Å². The van der Waals surface area contributed by atoms with Gasteiger partial charge >= 0.3 is 5.97 Å². The highest BCUT2D eigenvalue weighted by Crippen LogP contribution is 2.45. The van der Waals surface area contributed by atoms with Crippen LogP contribution >= 0.6 is 11.8 Å². The number of phenols is 1. The number of thioether (sulfide) groups is 1. The molecule has 36 heavy (non-hydrogen) atoms. The molecule has 1 aliphatic rings. The van der Waals surface area contributed by atoms with Crippen LogP contribution in [0.2, 0.25) is 0 Å². The molecular formula is C29H37NO5S. The highest BCUT2D eigenvalue weighted by Gasteiger charge is 2.44. The van der Waals surface area contributed by atoms with Crippen LogP contribution in [0.5, 0.6) is 5.75 Å². The molecule has 1 heterocycles. The molecule has 1 atom stereocenters. The monoisotopic (exact) mass is 511 g/mol. The van der Waals surface area contributed by atoms with Gasteiger partial charge < -0.3 is 20.3 Å². The molecule has 194 valence electrons. The van der Waals surface area contributed by atoms with Gasteiger partial charge in [0.25, 0.3) is 0 Å². The molecule has 3 rings (SSSR count). The Morgan fingerprint density at radius 3 is 2.33 bits per heavy atom. The van der Waals surface area contributed by atoms with E-state index in [0.717, 1.165) is 27.3 Å². The van der Waals surface area contributed by atoms with Gasteiger partial charge in [0.2, 0.25) is 5.91 Å². The van der Waals surface area contributed by atoms with Gasteiger partial charge in [0, 0.05) is 23.9 Å². The molecule has 0 aliphatic carbocycles. The molecule has 2 aromatic rings. The standard InChI is InChI=1S/C29H37NO5S/c1-17(2)29(13-12-20-8-10-21(32)11-9-20)16-24(33)26(27(34)35-29)36-25-14-18(3)23(30-19(4)31)15-22(25)28(5,6)7/h8-11,14-15,17,32-33H,12-13,16H2,1-7H3,(H,30,31)/t29-/m0/s1. The average Bonchev–Trinajstić information content (AvgIpc) is 2.76. The SMILES string of the molecule is CC(=O)Nc1cc(C(C)(C)C)c(SC2=C(O)C[C@@](CCc3ccc(O)cc3)(C(C)C)OC2=O)cc1C. The number of cyclic esters (lactones) is 1. The Morgan fingerprint density at radius 1 is 1.17 bits per heavy atom. The zero-order valence-corrected chi connectivity index (χ0v) is 23.0. The molecule has 0 unspecified atom stereocenters. The van der Waals surface area contributed by atoms with E-state index < -0.39 is 11.6 Å². The van der Waals surface area contributed by atoms with Gasteiger partial charge in [-0.1, -0.05) is 58.5 Å². The summed E-state index contributed by atoms with van der Waals surface area (Å²) in [5, 5.41) is 23.5. The van der Waals surface area contributed by atoms with Crippen molar-refractivity contribution < 1.29 is 24.5 Å². The van der Waals surface area contributed by atoms with E-state index in [0.29, 0.717) is 12.8 Å². The normalized spacial score (nSPS) is 18.4. The number of benzene rings is 2. The van der Waals surface area contributed by atoms with Crippen LogP contribution in [0.1, 0.15) is 71.1 Å². The molecule has 0 radical (unpaired) electrons. The summed E-state index contributed by atoms with van der Waals surface area (Å²) in [7, 11) is 0. The van der Waals surface area contributed by atoms with Gasteiger partial charge in [-0.15, -0.1) is 0 Å². The van der Waals surface area contributed by atoms with Crippen LogP contribution in [-0.2, 0) is 26.2 Å². The van der Waals surface area contributed by atoms with E-state index in [1.54, 1.807) is 12.1 Å². The molecule has 2 aromatic carbocycles. The molecule has 0 saturated heterocycles. The second-order valence-electron chi connectivity index (χ2n) is 10.9. The quantitative estimate of drug-likeness (QED) is 0.354. The summed E-state index contributed by atoms with van der Waals surface area (Å²) in [6.45, 7) is 13.6. The van der Waals surface area contributed by atoms with Gasteiger partial charge in [0.05, 0.1) is 0 Å². The Bertz CT molecular complexity index is 1180. The minimum Gasteiger partial charge on any atom is -0.511 e.